The van der Waals surface area contributed by atoms with Crippen molar-refractivity contribution in [3.63, 3.8) is 0 Å². The predicted octanol–water partition coefficient (Wildman–Crippen LogP) is 2.69. The number of nitrogens with zero attached hydrogens (tertiary/aromatic N) is 1. The number of H-pyrrole nitrogens is 1. The highest BCUT2D eigenvalue weighted by Gasteiger charge is 2.50. The number of amides is 1. The smallest absolute Gasteiger partial charge is 0.314 e. The molecule has 0 saturated carbocycles. The number of fused-ring (bicyclic) bond motifs is 1. The van der Waals surface area contributed by atoms with E-state index in [0.717, 1.165) is 16.5 Å². The number of benzene rings is 2. The normalized spacial score (nSPS) is 22.3. The Morgan fingerprint density at radius 1 is 1.14 bits per heavy atom. The number of aliphatic hydroxyl groups is 1. The van der Waals surface area contributed by atoms with Crippen molar-refractivity contribution in [1.29, 1.82) is 0 Å². The summed E-state index contributed by atoms with van der Waals surface area (Å²) in [7, 11) is 0. The fourth-order valence-corrected chi connectivity index (χ4v) is 4.04. The van der Waals surface area contributed by atoms with Crippen LogP contribution in [0.5, 0.6) is 0 Å². The first kappa shape index (κ1) is 18.3. The number of rotatable bonds is 4. The molecule has 3 aromatic rings. The summed E-state index contributed by atoms with van der Waals surface area (Å²) >= 11 is 0. The standard InChI is InChI=1S/C22H22N2O4/c25-19-9-11-24(20(26)17-7-6-16-8-10-23-18(16)12-17)14-22(19,21(27)28)13-15-4-2-1-3-5-15/h1-8,10,12,19,23,25H,9,11,13-14H2,(H,27,28)/t19-,22-/m1/s1. The van der Waals surface area contributed by atoms with E-state index in [1.807, 2.05) is 48.7 Å². The van der Waals surface area contributed by atoms with Crippen LogP contribution < -0.4 is 0 Å². The van der Waals surface area contributed by atoms with E-state index in [9.17, 15) is 19.8 Å². The Balaban J connectivity index is 1.63. The molecule has 0 unspecified atom stereocenters. The molecule has 1 aromatic heterocycles. The Morgan fingerprint density at radius 3 is 2.68 bits per heavy atom. The third-order valence-electron chi connectivity index (χ3n) is 5.66. The van der Waals surface area contributed by atoms with Gasteiger partial charge in [0.1, 0.15) is 5.41 Å². The molecule has 144 valence electrons. The summed E-state index contributed by atoms with van der Waals surface area (Å²) in [5.74, 6) is -1.30. The topological polar surface area (TPSA) is 93.6 Å². The van der Waals surface area contributed by atoms with Crippen LogP contribution in [0.15, 0.2) is 60.8 Å². The van der Waals surface area contributed by atoms with Crippen LogP contribution >= 0.6 is 0 Å². The van der Waals surface area contributed by atoms with E-state index in [1.54, 1.807) is 17.0 Å². The molecular formula is C22H22N2O4. The summed E-state index contributed by atoms with van der Waals surface area (Å²) in [6, 6.07) is 16.6. The molecule has 4 rings (SSSR count). The first-order chi connectivity index (χ1) is 13.5. The molecule has 0 aliphatic carbocycles. The highest BCUT2D eigenvalue weighted by Crippen LogP contribution is 2.35. The second-order valence-corrected chi connectivity index (χ2v) is 7.43. The van der Waals surface area contributed by atoms with Crippen molar-refractivity contribution in [3.05, 3.63) is 71.9 Å². The molecule has 2 aromatic carbocycles. The lowest BCUT2D eigenvalue weighted by Gasteiger charge is -2.43. The molecule has 1 fully saturated rings. The van der Waals surface area contributed by atoms with Crippen LogP contribution in [0.25, 0.3) is 10.9 Å². The van der Waals surface area contributed by atoms with Gasteiger partial charge in [0.15, 0.2) is 0 Å². The summed E-state index contributed by atoms with van der Waals surface area (Å²) in [5, 5.41) is 21.6. The van der Waals surface area contributed by atoms with Gasteiger partial charge in [-0.1, -0.05) is 36.4 Å². The maximum absolute atomic E-state index is 13.1. The molecule has 0 bridgehead atoms. The van der Waals surface area contributed by atoms with Gasteiger partial charge in [0.05, 0.1) is 6.10 Å². The van der Waals surface area contributed by atoms with Crippen LogP contribution in [0.4, 0.5) is 0 Å². The molecule has 0 spiro atoms. The van der Waals surface area contributed by atoms with Crippen LogP contribution in [0.2, 0.25) is 0 Å². The maximum Gasteiger partial charge on any atom is 0.314 e. The Morgan fingerprint density at radius 2 is 1.93 bits per heavy atom. The Bertz CT molecular complexity index is 1010. The number of aliphatic hydroxyl groups excluding tert-OH is 1. The molecule has 1 amide bonds. The van der Waals surface area contributed by atoms with E-state index in [1.165, 1.54) is 0 Å². The minimum Gasteiger partial charge on any atom is -0.481 e. The number of carbonyl (C=O) groups is 2. The van der Waals surface area contributed by atoms with Gasteiger partial charge in [0.25, 0.3) is 5.91 Å². The molecule has 2 heterocycles. The number of likely N-dealkylation sites (tertiary alicyclic amines) is 1. The van der Waals surface area contributed by atoms with Crippen molar-refractivity contribution >= 4 is 22.8 Å². The fourth-order valence-electron chi connectivity index (χ4n) is 4.04. The fraction of sp³-hybridized carbons (Fsp3) is 0.273. The van der Waals surface area contributed by atoms with E-state index in [2.05, 4.69) is 4.98 Å². The van der Waals surface area contributed by atoms with Crippen molar-refractivity contribution in [3.8, 4) is 0 Å². The number of hydrogen-bond acceptors (Lipinski definition) is 3. The molecular weight excluding hydrogens is 356 g/mol. The summed E-state index contributed by atoms with van der Waals surface area (Å²) in [5.41, 5.74) is 0.763. The lowest BCUT2D eigenvalue weighted by atomic mass is 9.72. The lowest BCUT2D eigenvalue weighted by molar-refractivity contribution is -0.161. The highest BCUT2D eigenvalue weighted by molar-refractivity contribution is 5.98. The van der Waals surface area contributed by atoms with Crippen molar-refractivity contribution in [2.24, 2.45) is 5.41 Å². The van der Waals surface area contributed by atoms with Gasteiger partial charge in [-0.15, -0.1) is 0 Å². The van der Waals surface area contributed by atoms with Crippen LogP contribution in [0, 0.1) is 5.41 Å². The Hall–Kier alpha value is -3.12. The van der Waals surface area contributed by atoms with Crippen LogP contribution in [0.1, 0.15) is 22.3 Å². The number of nitrogens with one attached hydrogen (secondary N) is 1. The van der Waals surface area contributed by atoms with E-state index < -0.39 is 17.5 Å². The molecule has 28 heavy (non-hydrogen) atoms. The van der Waals surface area contributed by atoms with Crippen molar-refractivity contribution < 1.29 is 19.8 Å². The molecule has 1 aliphatic rings. The predicted molar refractivity (Wildman–Crippen MR) is 105 cm³/mol. The average Bonchev–Trinajstić information content (AvgIpc) is 3.17. The van der Waals surface area contributed by atoms with Crippen LogP contribution in [-0.2, 0) is 11.2 Å². The van der Waals surface area contributed by atoms with Crippen molar-refractivity contribution in [2.45, 2.75) is 18.9 Å². The van der Waals surface area contributed by atoms with E-state index >= 15 is 0 Å². The van der Waals surface area contributed by atoms with Gasteiger partial charge in [0, 0.05) is 30.4 Å². The van der Waals surface area contributed by atoms with Gasteiger partial charge in [-0.2, -0.15) is 0 Å². The molecule has 6 heteroatoms. The Labute approximate surface area is 162 Å². The van der Waals surface area contributed by atoms with E-state index in [0.29, 0.717) is 12.1 Å². The van der Waals surface area contributed by atoms with Gasteiger partial charge >= 0.3 is 5.97 Å². The zero-order valence-electron chi connectivity index (χ0n) is 15.3. The number of aromatic nitrogens is 1. The van der Waals surface area contributed by atoms with Crippen LogP contribution in [-0.4, -0.2) is 51.2 Å². The van der Waals surface area contributed by atoms with Gasteiger partial charge in [-0.25, -0.2) is 0 Å². The van der Waals surface area contributed by atoms with Gasteiger partial charge in [-0.05, 0) is 42.0 Å². The third-order valence-corrected chi connectivity index (χ3v) is 5.66. The SMILES string of the molecule is O=C(c1ccc2cc[nH]c2c1)N1CC[C@@H](O)[C@](Cc2ccccc2)(C(=O)O)C1. The number of carbonyl (C=O) groups excluding carboxylic acids is 1. The number of piperidine rings is 1. The summed E-state index contributed by atoms with van der Waals surface area (Å²) < 4.78 is 0. The second-order valence-electron chi connectivity index (χ2n) is 7.43. The summed E-state index contributed by atoms with van der Waals surface area (Å²) in [6.07, 6.45) is 1.20. The quantitative estimate of drug-likeness (QED) is 0.651. The molecule has 3 N–H and O–H groups in total. The first-order valence-corrected chi connectivity index (χ1v) is 9.31. The first-order valence-electron chi connectivity index (χ1n) is 9.31. The third kappa shape index (κ3) is 3.16. The van der Waals surface area contributed by atoms with Gasteiger partial charge < -0.3 is 20.1 Å². The molecule has 1 aliphatic heterocycles. The minimum atomic E-state index is -1.42. The van der Waals surface area contributed by atoms with Gasteiger partial charge in [-0.3, -0.25) is 9.59 Å². The van der Waals surface area contributed by atoms with Crippen molar-refractivity contribution in [1.82, 2.24) is 9.88 Å². The number of aliphatic carboxylic acids is 1. The number of aromatic amines is 1. The van der Waals surface area contributed by atoms with E-state index in [4.69, 9.17) is 0 Å². The molecule has 0 radical (unpaired) electrons. The summed E-state index contributed by atoms with van der Waals surface area (Å²) in [4.78, 5) is 29.9. The lowest BCUT2D eigenvalue weighted by Crippen LogP contribution is -2.58. The Kier molecular flexibility index (Phi) is 4.65. The monoisotopic (exact) mass is 378 g/mol. The zero-order valence-corrected chi connectivity index (χ0v) is 15.3. The van der Waals surface area contributed by atoms with Crippen molar-refractivity contribution in [2.75, 3.05) is 13.1 Å². The average molecular weight is 378 g/mol. The highest BCUT2D eigenvalue weighted by atomic mass is 16.4. The van der Waals surface area contributed by atoms with E-state index in [-0.39, 0.29) is 25.3 Å². The second kappa shape index (κ2) is 7.13. The zero-order chi connectivity index (χ0) is 19.7. The minimum absolute atomic E-state index is 0.0278. The largest absolute Gasteiger partial charge is 0.481 e. The molecule has 1 saturated heterocycles. The molecule has 2 atom stereocenters. The van der Waals surface area contributed by atoms with Gasteiger partial charge in [0.2, 0.25) is 0 Å². The maximum atomic E-state index is 13.1. The number of hydrogen-bond donors (Lipinski definition) is 3. The van der Waals surface area contributed by atoms with Crippen LogP contribution in [0.3, 0.4) is 0 Å². The summed E-state index contributed by atoms with van der Waals surface area (Å²) in [6.45, 7) is 0.298. The molecule has 6 nitrogen and oxygen atoms in total. The number of carboxylic acid groups (broad SMARTS) is 1. The number of carboxylic acids is 1.